The van der Waals surface area contributed by atoms with Gasteiger partial charge >= 0.3 is 0 Å². The molecule has 2 heterocycles. The highest BCUT2D eigenvalue weighted by molar-refractivity contribution is 7.14. The quantitative estimate of drug-likeness (QED) is 0.651. The number of hydrogen-bond donors (Lipinski definition) is 3. The Morgan fingerprint density at radius 3 is 2.82 bits per heavy atom. The number of thiophene rings is 1. The normalized spacial score (nSPS) is 15.3. The minimum absolute atomic E-state index is 0.00797. The summed E-state index contributed by atoms with van der Waals surface area (Å²) < 4.78 is 5.81. The maximum atomic E-state index is 12.6. The number of para-hydroxylation sites is 2. The Labute approximate surface area is 166 Å². The third-order valence-electron chi connectivity index (χ3n) is 4.22. The molecule has 0 spiro atoms. The number of rotatable bonds is 7. The Balaban J connectivity index is 1.73. The van der Waals surface area contributed by atoms with Crippen LogP contribution in [-0.4, -0.2) is 43.5 Å². The number of carbonyl (C=O) groups is 3. The van der Waals surface area contributed by atoms with E-state index in [1.54, 1.807) is 22.4 Å². The molecule has 1 atom stereocenters. The van der Waals surface area contributed by atoms with Crippen molar-refractivity contribution in [3.05, 3.63) is 41.3 Å². The highest BCUT2D eigenvalue weighted by Crippen LogP contribution is 2.33. The monoisotopic (exact) mass is 402 g/mol. The van der Waals surface area contributed by atoms with Gasteiger partial charge < -0.3 is 26.0 Å². The summed E-state index contributed by atoms with van der Waals surface area (Å²) in [5.74, 6) is -0.571. The fourth-order valence-electron chi connectivity index (χ4n) is 2.89. The highest BCUT2D eigenvalue weighted by atomic mass is 32.1. The van der Waals surface area contributed by atoms with Gasteiger partial charge in [0, 0.05) is 6.54 Å². The molecule has 1 aromatic heterocycles. The molecule has 28 heavy (non-hydrogen) atoms. The number of nitrogens with zero attached hydrogens (tertiary/aromatic N) is 1. The molecule has 4 N–H and O–H groups in total. The van der Waals surface area contributed by atoms with E-state index >= 15 is 0 Å². The Morgan fingerprint density at radius 1 is 1.29 bits per heavy atom. The van der Waals surface area contributed by atoms with E-state index < -0.39 is 12.0 Å². The van der Waals surface area contributed by atoms with Crippen molar-refractivity contribution in [3.63, 3.8) is 0 Å². The third-order valence-corrected chi connectivity index (χ3v) is 5.05. The van der Waals surface area contributed by atoms with Crippen molar-refractivity contribution < 1.29 is 19.1 Å². The zero-order valence-electron chi connectivity index (χ0n) is 15.4. The summed E-state index contributed by atoms with van der Waals surface area (Å²) >= 11 is 1.23. The Hall–Kier alpha value is -3.07. The molecule has 1 aromatic carbocycles. The van der Waals surface area contributed by atoms with Crippen LogP contribution in [0.1, 0.15) is 23.7 Å². The SMILES string of the molecule is CCCNC(=O)[C@@H]1CN(CC(=O)Nc2sccc2C(N)=O)c2ccccc2O1. The van der Waals surface area contributed by atoms with Crippen molar-refractivity contribution in [1.82, 2.24) is 5.32 Å². The van der Waals surface area contributed by atoms with Gasteiger partial charge in [0.2, 0.25) is 5.91 Å². The van der Waals surface area contributed by atoms with Gasteiger partial charge in [0.25, 0.3) is 11.8 Å². The number of fused-ring (bicyclic) bond motifs is 1. The molecule has 0 saturated carbocycles. The highest BCUT2D eigenvalue weighted by Gasteiger charge is 2.31. The molecule has 8 nitrogen and oxygen atoms in total. The van der Waals surface area contributed by atoms with Crippen LogP contribution in [0.15, 0.2) is 35.7 Å². The van der Waals surface area contributed by atoms with Crippen LogP contribution >= 0.6 is 11.3 Å². The lowest BCUT2D eigenvalue weighted by Crippen LogP contribution is -2.50. The number of hydrogen-bond acceptors (Lipinski definition) is 6. The zero-order chi connectivity index (χ0) is 20.1. The van der Waals surface area contributed by atoms with E-state index in [0.29, 0.717) is 17.3 Å². The van der Waals surface area contributed by atoms with E-state index in [2.05, 4.69) is 10.6 Å². The first-order chi connectivity index (χ1) is 13.5. The van der Waals surface area contributed by atoms with Crippen molar-refractivity contribution >= 4 is 39.7 Å². The number of nitrogens with two attached hydrogens (primary N) is 1. The number of carbonyl (C=O) groups excluding carboxylic acids is 3. The summed E-state index contributed by atoms with van der Waals surface area (Å²) in [7, 11) is 0. The average molecular weight is 402 g/mol. The van der Waals surface area contributed by atoms with Crippen LogP contribution in [0.4, 0.5) is 10.7 Å². The van der Waals surface area contributed by atoms with Crippen LogP contribution in [0, 0.1) is 0 Å². The Bertz CT molecular complexity index is 882. The Morgan fingerprint density at radius 2 is 2.07 bits per heavy atom. The van der Waals surface area contributed by atoms with Gasteiger partial charge in [-0.05, 0) is 30.0 Å². The van der Waals surface area contributed by atoms with Crippen LogP contribution < -0.4 is 26.0 Å². The van der Waals surface area contributed by atoms with Crippen molar-refractivity contribution in [2.75, 3.05) is 29.9 Å². The van der Waals surface area contributed by atoms with E-state index in [1.807, 2.05) is 25.1 Å². The van der Waals surface area contributed by atoms with Crippen LogP contribution in [0.5, 0.6) is 5.75 Å². The standard InChI is InChI=1S/C19H22N4O4S/c1-2-8-21-18(26)15-10-23(13-5-3-4-6-14(13)27-15)11-16(24)22-19-12(17(20)25)7-9-28-19/h3-7,9,15H,2,8,10-11H2,1H3,(H2,20,25)(H,21,26)(H,22,24)/t15-/m0/s1. The van der Waals surface area contributed by atoms with Crippen molar-refractivity contribution in [2.24, 2.45) is 5.73 Å². The van der Waals surface area contributed by atoms with E-state index in [0.717, 1.165) is 12.1 Å². The van der Waals surface area contributed by atoms with Crippen LogP contribution in [-0.2, 0) is 9.59 Å². The first-order valence-electron chi connectivity index (χ1n) is 8.95. The summed E-state index contributed by atoms with van der Waals surface area (Å²) in [4.78, 5) is 38.2. The number of benzene rings is 1. The molecule has 148 valence electrons. The molecule has 0 bridgehead atoms. The lowest BCUT2D eigenvalue weighted by Gasteiger charge is -2.35. The van der Waals surface area contributed by atoms with Gasteiger partial charge in [-0.3, -0.25) is 14.4 Å². The molecule has 3 rings (SSSR count). The smallest absolute Gasteiger partial charge is 0.262 e. The van der Waals surface area contributed by atoms with Crippen LogP contribution in [0.3, 0.4) is 0 Å². The maximum Gasteiger partial charge on any atom is 0.262 e. The van der Waals surface area contributed by atoms with E-state index in [-0.39, 0.29) is 30.5 Å². The van der Waals surface area contributed by atoms with Crippen LogP contribution in [0.2, 0.25) is 0 Å². The second-order valence-electron chi connectivity index (χ2n) is 6.32. The summed E-state index contributed by atoms with van der Waals surface area (Å²) in [6.07, 6.45) is 0.113. The lowest BCUT2D eigenvalue weighted by molar-refractivity contribution is -0.128. The van der Waals surface area contributed by atoms with Gasteiger partial charge in [0.1, 0.15) is 10.8 Å². The molecular weight excluding hydrogens is 380 g/mol. The minimum atomic E-state index is -0.711. The van der Waals surface area contributed by atoms with Crippen molar-refractivity contribution in [3.8, 4) is 5.75 Å². The van der Waals surface area contributed by atoms with Gasteiger partial charge in [0.05, 0.1) is 24.3 Å². The Kier molecular flexibility index (Phi) is 6.15. The number of primary amides is 1. The van der Waals surface area contributed by atoms with Gasteiger partial charge in [-0.1, -0.05) is 19.1 Å². The first-order valence-corrected chi connectivity index (χ1v) is 9.83. The maximum absolute atomic E-state index is 12.6. The molecule has 1 aliphatic rings. The summed E-state index contributed by atoms with van der Waals surface area (Å²) in [5, 5.41) is 7.65. The zero-order valence-corrected chi connectivity index (χ0v) is 16.3. The molecule has 0 fully saturated rings. The molecule has 0 unspecified atom stereocenters. The molecule has 0 saturated heterocycles. The second-order valence-corrected chi connectivity index (χ2v) is 7.24. The third kappa shape index (κ3) is 4.42. The van der Waals surface area contributed by atoms with Gasteiger partial charge in [-0.15, -0.1) is 11.3 Å². The van der Waals surface area contributed by atoms with Gasteiger partial charge in [-0.25, -0.2) is 0 Å². The molecule has 0 aliphatic carbocycles. The molecule has 0 radical (unpaired) electrons. The minimum Gasteiger partial charge on any atom is -0.477 e. The molecule has 3 amide bonds. The van der Waals surface area contributed by atoms with Crippen molar-refractivity contribution in [2.45, 2.75) is 19.4 Å². The fourth-order valence-corrected chi connectivity index (χ4v) is 3.70. The first kappa shape index (κ1) is 19.7. The van der Waals surface area contributed by atoms with Crippen LogP contribution in [0.25, 0.3) is 0 Å². The van der Waals surface area contributed by atoms with E-state index in [1.165, 1.54) is 11.3 Å². The van der Waals surface area contributed by atoms with E-state index in [4.69, 9.17) is 10.5 Å². The molecule has 2 aromatic rings. The molecule has 1 aliphatic heterocycles. The molecular formula is C19H22N4O4S. The predicted molar refractivity (Wildman–Crippen MR) is 108 cm³/mol. The number of nitrogens with one attached hydrogen (secondary N) is 2. The fraction of sp³-hybridized carbons (Fsp3) is 0.316. The van der Waals surface area contributed by atoms with Gasteiger partial charge in [0.15, 0.2) is 6.10 Å². The largest absolute Gasteiger partial charge is 0.477 e. The lowest BCUT2D eigenvalue weighted by atomic mass is 10.1. The van der Waals surface area contributed by atoms with Crippen molar-refractivity contribution in [1.29, 1.82) is 0 Å². The number of ether oxygens (including phenoxy) is 1. The number of amides is 3. The van der Waals surface area contributed by atoms with E-state index in [9.17, 15) is 14.4 Å². The predicted octanol–water partition coefficient (Wildman–Crippen LogP) is 1.58. The summed E-state index contributed by atoms with van der Waals surface area (Å²) in [6.45, 7) is 2.79. The second kappa shape index (κ2) is 8.75. The average Bonchev–Trinajstić information content (AvgIpc) is 3.14. The summed E-state index contributed by atoms with van der Waals surface area (Å²) in [6, 6.07) is 8.83. The number of anilines is 2. The topological polar surface area (TPSA) is 114 Å². The summed E-state index contributed by atoms with van der Waals surface area (Å²) in [5.41, 5.74) is 6.33. The van der Waals surface area contributed by atoms with Gasteiger partial charge in [-0.2, -0.15) is 0 Å². The molecule has 9 heteroatoms.